The number of benzene rings is 2. The van der Waals surface area contributed by atoms with E-state index in [0.29, 0.717) is 11.5 Å². The van der Waals surface area contributed by atoms with Crippen molar-refractivity contribution in [2.24, 2.45) is 5.10 Å². The number of nitrogens with one attached hydrogen (secondary N) is 1. The van der Waals surface area contributed by atoms with Crippen LogP contribution in [0, 0.1) is 10.1 Å². The van der Waals surface area contributed by atoms with Gasteiger partial charge >= 0.3 is 5.69 Å². The monoisotopic (exact) mass is 377 g/mol. The lowest BCUT2D eigenvalue weighted by Crippen LogP contribution is -2.42. The second-order valence-corrected chi connectivity index (χ2v) is 5.65. The van der Waals surface area contributed by atoms with E-state index < -0.39 is 28.4 Å². The lowest BCUT2D eigenvalue weighted by molar-refractivity contribution is -0.385. The molecule has 2 N–H and O–H groups in total. The number of hydrogen-bond acceptors (Lipinski definition) is 7. The maximum atomic E-state index is 12.1. The molecule has 1 aliphatic heterocycles. The molecule has 0 saturated heterocycles. The molecule has 0 radical (unpaired) electrons. The molecule has 10 heteroatoms. The quantitative estimate of drug-likeness (QED) is 0.478. The van der Waals surface area contributed by atoms with Crippen LogP contribution < -0.4 is 14.9 Å². The van der Waals surface area contributed by atoms with Gasteiger partial charge in [0.25, 0.3) is 5.91 Å². The van der Waals surface area contributed by atoms with Crippen LogP contribution in [-0.2, 0) is 4.79 Å². The summed E-state index contributed by atoms with van der Waals surface area (Å²) in [6.45, 7) is 0.00620. The van der Waals surface area contributed by atoms with Gasteiger partial charge < -0.3 is 14.6 Å². The summed E-state index contributed by atoms with van der Waals surface area (Å²) in [6.07, 6.45) is 0.133. The highest BCUT2D eigenvalue weighted by atomic mass is 35.5. The van der Waals surface area contributed by atoms with Crippen molar-refractivity contribution >= 4 is 29.4 Å². The Morgan fingerprint density at radius 1 is 1.38 bits per heavy atom. The molecule has 0 aliphatic carbocycles. The molecule has 1 heterocycles. The number of amides is 1. The normalized spacial score (nSPS) is 15.7. The number of rotatable bonds is 4. The molecule has 9 nitrogen and oxygen atoms in total. The lowest BCUT2D eigenvalue weighted by Gasteiger charge is -2.24. The summed E-state index contributed by atoms with van der Waals surface area (Å²) >= 11 is 5.78. The molecular weight excluding hydrogens is 366 g/mol. The Morgan fingerprint density at radius 2 is 2.12 bits per heavy atom. The summed E-state index contributed by atoms with van der Waals surface area (Å²) in [5, 5.41) is 24.4. The van der Waals surface area contributed by atoms with E-state index in [1.165, 1.54) is 6.07 Å². The predicted octanol–water partition coefficient (Wildman–Crippen LogP) is 2.24. The summed E-state index contributed by atoms with van der Waals surface area (Å²) in [4.78, 5) is 22.2. The Hall–Kier alpha value is -3.33. The minimum atomic E-state index is -0.913. The Balaban J connectivity index is 1.68. The summed E-state index contributed by atoms with van der Waals surface area (Å²) in [5.74, 6) is -0.211. The number of nitro groups is 1. The van der Waals surface area contributed by atoms with Gasteiger partial charge in [0.2, 0.25) is 11.9 Å². The first-order valence-electron chi connectivity index (χ1n) is 7.34. The van der Waals surface area contributed by atoms with Crippen LogP contribution in [0.2, 0.25) is 5.02 Å². The van der Waals surface area contributed by atoms with Gasteiger partial charge in [0, 0.05) is 16.7 Å². The zero-order valence-corrected chi connectivity index (χ0v) is 13.8. The van der Waals surface area contributed by atoms with Crippen LogP contribution in [-0.4, -0.2) is 34.9 Å². The molecule has 0 spiro atoms. The first kappa shape index (κ1) is 17.5. The van der Waals surface area contributed by atoms with Crippen molar-refractivity contribution in [1.29, 1.82) is 0 Å². The number of phenolic OH excluding ortho intramolecular Hbond substituents is 1. The molecule has 0 fully saturated rings. The standard InChI is InChI=1S/C16H12ClN3O6/c17-10-5-9(15(21)11(6-10)20(23)24)7-18-19-16(22)14-8-25-12-3-1-2-4-13(12)26-14/h1-7,14,21H,8H2,(H,19,22)/b18-7+/t14-/m0/s1. The van der Waals surface area contributed by atoms with Gasteiger partial charge in [0.15, 0.2) is 11.5 Å². The van der Waals surface area contributed by atoms with Crippen molar-refractivity contribution in [2.45, 2.75) is 6.10 Å². The number of nitro benzene ring substituents is 1. The van der Waals surface area contributed by atoms with E-state index in [2.05, 4.69) is 10.5 Å². The van der Waals surface area contributed by atoms with E-state index in [-0.39, 0.29) is 17.2 Å². The number of para-hydroxylation sites is 2. The highest BCUT2D eigenvalue weighted by Gasteiger charge is 2.27. The van der Waals surface area contributed by atoms with Gasteiger partial charge in [-0.25, -0.2) is 5.43 Å². The highest BCUT2D eigenvalue weighted by molar-refractivity contribution is 6.31. The van der Waals surface area contributed by atoms with Gasteiger partial charge in [0.1, 0.15) is 6.61 Å². The van der Waals surface area contributed by atoms with Crippen LogP contribution in [0.4, 0.5) is 5.69 Å². The number of phenols is 1. The van der Waals surface area contributed by atoms with Gasteiger partial charge in [-0.2, -0.15) is 5.10 Å². The summed E-state index contributed by atoms with van der Waals surface area (Å²) in [5.41, 5.74) is 1.65. The summed E-state index contributed by atoms with van der Waals surface area (Å²) in [7, 11) is 0. The van der Waals surface area contributed by atoms with Crippen molar-refractivity contribution in [3.05, 3.63) is 57.1 Å². The summed E-state index contributed by atoms with van der Waals surface area (Å²) < 4.78 is 10.9. The Morgan fingerprint density at radius 3 is 2.85 bits per heavy atom. The smallest absolute Gasteiger partial charge is 0.312 e. The lowest BCUT2D eigenvalue weighted by atomic mass is 10.2. The van der Waals surface area contributed by atoms with Gasteiger partial charge in [-0.3, -0.25) is 14.9 Å². The molecule has 134 valence electrons. The average molecular weight is 378 g/mol. The van der Waals surface area contributed by atoms with Crippen LogP contribution in [0.3, 0.4) is 0 Å². The van der Waals surface area contributed by atoms with Crippen LogP contribution in [0.25, 0.3) is 0 Å². The number of halogens is 1. The zero-order chi connectivity index (χ0) is 18.7. The van der Waals surface area contributed by atoms with Crippen molar-refractivity contribution in [2.75, 3.05) is 6.61 Å². The van der Waals surface area contributed by atoms with Crippen LogP contribution >= 0.6 is 11.6 Å². The first-order valence-corrected chi connectivity index (χ1v) is 7.72. The molecule has 0 aromatic heterocycles. The number of nitrogens with zero attached hydrogens (tertiary/aromatic N) is 2. The molecule has 3 rings (SSSR count). The topological polar surface area (TPSA) is 123 Å². The molecule has 26 heavy (non-hydrogen) atoms. The maximum absolute atomic E-state index is 12.1. The molecule has 1 atom stereocenters. The SMILES string of the molecule is O=C(N/N=C/c1cc(Cl)cc([N+](=O)[O-])c1O)[C@@H]1COc2ccccc2O1. The molecule has 0 saturated carbocycles. The number of ether oxygens (including phenoxy) is 2. The Bertz CT molecular complexity index is 902. The van der Waals surface area contributed by atoms with Crippen LogP contribution in [0.5, 0.6) is 17.2 Å². The second kappa shape index (κ2) is 7.28. The Labute approximate surface area is 151 Å². The number of aromatic hydroxyl groups is 1. The molecule has 0 bridgehead atoms. The van der Waals surface area contributed by atoms with Gasteiger partial charge in [-0.1, -0.05) is 23.7 Å². The number of carbonyl (C=O) groups is 1. The highest BCUT2D eigenvalue weighted by Crippen LogP contribution is 2.32. The fourth-order valence-electron chi connectivity index (χ4n) is 2.23. The Kier molecular flexibility index (Phi) is 4.90. The second-order valence-electron chi connectivity index (χ2n) is 5.22. The molecule has 2 aromatic rings. The number of hydrazone groups is 1. The van der Waals surface area contributed by atoms with E-state index in [0.717, 1.165) is 12.3 Å². The molecule has 1 aliphatic rings. The number of carbonyl (C=O) groups excluding carboxylic acids is 1. The van der Waals surface area contributed by atoms with Crippen LogP contribution in [0.1, 0.15) is 5.56 Å². The zero-order valence-electron chi connectivity index (χ0n) is 13.1. The number of hydrogen-bond donors (Lipinski definition) is 2. The van der Waals surface area contributed by atoms with Crippen molar-refractivity contribution in [3.63, 3.8) is 0 Å². The van der Waals surface area contributed by atoms with Crippen molar-refractivity contribution in [3.8, 4) is 17.2 Å². The molecule has 1 amide bonds. The van der Waals surface area contributed by atoms with Gasteiger partial charge in [-0.05, 0) is 18.2 Å². The largest absolute Gasteiger partial charge is 0.502 e. The molecule has 0 unspecified atom stereocenters. The minimum Gasteiger partial charge on any atom is -0.502 e. The van der Waals surface area contributed by atoms with E-state index in [1.807, 2.05) is 0 Å². The van der Waals surface area contributed by atoms with E-state index in [9.17, 15) is 20.0 Å². The fourth-order valence-corrected chi connectivity index (χ4v) is 2.45. The maximum Gasteiger partial charge on any atom is 0.312 e. The minimum absolute atomic E-state index is 0.00620. The van der Waals surface area contributed by atoms with Gasteiger partial charge in [0.05, 0.1) is 11.1 Å². The average Bonchev–Trinajstić information content (AvgIpc) is 2.63. The first-order chi connectivity index (χ1) is 12.5. The van der Waals surface area contributed by atoms with E-state index in [1.54, 1.807) is 24.3 Å². The third-order valence-corrected chi connectivity index (χ3v) is 3.68. The third kappa shape index (κ3) is 3.67. The number of fused-ring (bicyclic) bond motifs is 1. The van der Waals surface area contributed by atoms with Crippen LogP contribution in [0.15, 0.2) is 41.5 Å². The van der Waals surface area contributed by atoms with Crippen molar-refractivity contribution < 1.29 is 24.3 Å². The van der Waals surface area contributed by atoms with Gasteiger partial charge in [-0.15, -0.1) is 0 Å². The van der Waals surface area contributed by atoms with E-state index in [4.69, 9.17) is 21.1 Å². The molecule has 2 aromatic carbocycles. The third-order valence-electron chi connectivity index (χ3n) is 3.46. The predicted molar refractivity (Wildman–Crippen MR) is 91.9 cm³/mol. The molecular formula is C16H12ClN3O6. The fraction of sp³-hybridized carbons (Fsp3) is 0.125. The van der Waals surface area contributed by atoms with E-state index >= 15 is 0 Å². The van der Waals surface area contributed by atoms with Crippen molar-refractivity contribution in [1.82, 2.24) is 5.43 Å². The summed E-state index contributed by atoms with van der Waals surface area (Å²) in [6, 6.07) is 9.20.